The average Bonchev–Trinajstić information content (AvgIpc) is 3.38. The van der Waals surface area contributed by atoms with Crippen molar-refractivity contribution in [3.63, 3.8) is 0 Å². The largest absolute Gasteiger partial charge is 0.486 e. The lowest BCUT2D eigenvalue weighted by Gasteiger charge is -2.22. The molecule has 1 N–H and O–H groups in total. The summed E-state index contributed by atoms with van der Waals surface area (Å²) in [6.45, 7) is 8.83. The van der Waals surface area contributed by atoms with Gasteiger partial charge in [-0.3, -0.25) is 9.69 Å². The molecular formula is C20H24N3O4S+. The number of carbonyl (C=O) groups excluding carboxylic acids is 1. The van der Waals surface area contributed by atoms with E-state index in [1.54, 1.807) is 17.0 Å². The summed E-state index contributed by atoms with van der Waals surface area (Å²) in [5.41, 5.74) is 0.802. The minimum atomic E-state index is -0.173. The molecule has 7 nitrogen and oxygen atoms in total. The maximum atomic E-state index is 13.1. The van der Waals surface area contributed by atoms with Crippen molar-refractivity contribution in [2.75, 3.05) is 44.3 Å². The summed E-state index contributed by atoms with van der Waals surface area (Å²) < 4.78 is 17.6. The number of quaternary nitrogens is 1. The Balaban J connectivity index is 1.67. The number of rotatable bonds is 7. The van der Waals surface area contributed by atoms with Gasteiger partial charge in [0.25, 0.3) is 5.91 Å². The average molecular weight is 402 g/mol. The molecule has 0 spiro atoms. The number of aromatic nitrogens is 1. The van der Waals surface area contributed by atoms with Crippen LogP contribution < -0.4 is 19.3 Å². The number of thiazole rings is 1. The monoisotopic (exact) mass is 402 g/mol. The Morgan fingerprint density at radius 1 is 1.21 bits per heavy atom. The van der Waals surface area contributed by atoms with E-state index in [2.05, 4.69) is 13.8 Å². The lowest BCUT2D eigenvalue weighted by Crippen LogP contribution is -3.12. The number of nitrogens with zero attached hydrogens (tertiary/aromatic N) is 2. The number of hydrogen-bond acceptors (Lipinski definition) is 6. The summed E-state index contributed by atoms with van der Waals surface area (Å²) in [6.07, 6.45) is 1.52. The topological polar surface area (TPSA) is 69.2 Å². The van der Waals surface area contributed by atoms with Crippen LogP contribution in [-0.4, -0.2) is 50.3 Å². The lowest BCUT2D eigenvalue weighted by molar-refractivity contribution is -0.894. The Morgan fingerprint density at radius 2 is 1.96 bits per heavy atom. The Labute approximate surface area is 167 Å². The van der Waals surface area contributed by atoms with Gasteiger partial charge in [0.05, 0.1) is 42.7 Å². The smallest absolute Gasteiger partial charge is 0.295 e. The summed E-state index contributed by atoms with van der Waals surface area (Å²) in [7, 11) is 0. The van der Waals surface area contributed by atoms with E-state index < -0.39 is 0 Å². The fourth-order valence-electron chi connectivity index (χ4n) is 3.26. The van der Waals surface area contributed by atoms with E-state index in [4.69, 9.17) is 18.9 Å². The highest BCUT2D eigenvalue weighted by atomic mass is 32.1. The van der Waals surface area contributed by atoms with Crippen molar-refractivity contribution >= 4 is 32.6 Å². The third kappa shape index (κ3) is 3.70. The minimum absolute atomic E-state index is 0.173. The van der Waals surface area contributed by atoms with Gasteiger partial charge in [-0.25, -0.2) is 4.98 Å². The first kappa shape index (κ1) is 18.8. The number of amides is 1. The van der Waals surface area contributed by atoms with Crippen LogP contribution >= 0.6 is 11.3 Å². The Hall–Kier alpha value is -2.58. The molecule has 0 bridgehead atoms. The van der Waals surface area contributed by atoms with Gasteiger partial charge in [-0.1, -0.05) is 11.3 Å². The molecule has 28 heavy (non-hydrogen) atoms. The molecule has 0 fully saturated rings. The molecule has 3 heterocycles. The second kappa shape index (κ2) is 8.20. The number of ether oxygens (including phenoxy) is 2. The molecule has 0 radical (unpaired) electrons. The predicted octanol–water partition coefficient (Wildman–Crippen LogP) is 2.23. The first-order valence-electron chi connectivity index (χ1n) is 9.58. The molecule has 1 aromatic carbocycles. The van der Waals surface area contributed by atoms with Gasteiger partial charge in [0.2, 0.25) is 0 Å². The molecule has 0 unspecified atom stereocenters. The van der Waals surface area contributed by atoms with Crippen molar-refractivity contribution in [2.45, 2.75) is 13.8 Å². The molecule has 3 aromatic rings. The predicted molar refractivity (Wildman–Crippen MR) is 108 cm³/mol. The highest BCUT2D eigenvalue weighted by Crippen LogP contribution is 2.38. The first-order chi connectivity index (χ1) is 13.7. The normalized spacial score (nSPS) is 13.2. The number of benzene rings is 1. The van der Waals surface area contributed by atoms with E-state index >= 15 is 0 Å². The molecule has 0 aliphatic carbocycles. The number of hydrogen-bond donors (Lipinski definition) is 1. The van der Waals surface area contributed by atoms with Crippen molar-refractivity contribution in [3.8, 4) is 11.5 Å². The first-order valence-corrected chi connectivity index (χ1v) is 10.4. The molecule has 0 atom stereocenters. The van der Waals surface area contributed by atoms with Crippen molar-refractivity contribution in [1.82, 2.24) is 4.98 Å². The highest BCUT2D eigenvalue weighted by molar-refractivity contribution is 7.22. The summed E-state index contributed by atoms with van der Waals surface area (Å²) >= 11 is 1.48. The number of likely N-dealkylation sites (N-methyl/N-ethyl adjacent to an activating group) is 1. The molecule has 1 aliphatic heterocycles. The molecule has 0 saturated heterocycles. The number of nitrogens with one attached hydrogen (secondary N) is 1. The van der Waals surface area contributed by atoms with Crippen molar-refractivity contribution in [2.24, 2.45) is 0 Å². The van der Waals surface area contributed by atoms with Crippen molar-refractivity contribution in [3.05, 3.63) is 36.3 Å². The maximum absolute atomic E-state index is 13.1. The molecule has 8 heteroatoms. The van der Waals surface area contributed by atoms with E-state index in [1.165, 1.54) is 22.5 Å². The summed E-state index contributed by atoms with van der Waals surface area (Å²) in [6, 6.07) is 7.24. The van der Waals surface area contributed by atoms with Gasteiger partial charge < -0.3 is 18.8 Å². The fourth-order valence-corrected chi connectivity index (χ4v) is 4.26. The molecule has 148 valence electrons. The molecule has 1 amide bonds. The van der Waals surface area contributed by atoms with Gasteiger partial charge in [0.1, 0.15) is 13.2 Å². The van der Waals surface area contributed by atoms with Gasteiger partial charge in [-0.2, -0.15) is 0 Å². The SMILES string of the molecule is CC[NH+](CC)CCN(C(=O)c1ccco1)c1nc2cc3c(cc2s1)OCCO3. The zero-order chi connectivity index (χ0) is 19.5. The van der Waals surface area contributed by atoms with Crippen LogP contribution in [0.15, 0.2) is 34.9 Å². The van der Waals surface area contributed by atoms with Crippen molar-refractivity contribution < 1.29 is 23.6 Å². The van der Waals surface area contributed by atoms with E-state index in [0.29, 0.717) is 36.4 Å². The van der Waals surface area contributed by atoms with Gasteiger partial charge in [0.15, 0.2) is 22.4 Å². The fraction of sp³-hybridized carbons (Fsp3) is 0.400. The lowest BCUT2D eigenvalue weighted by atomic mass is 10.3. The molecule has 1 aliphatic rings. The summed E-state index contributed by atoms with van der Waals surface area (Å²) in [5.74, 6) is 1.57. The Morgan fingerprint density at radius 3 is 2.64 bits per heavy atom. The van der Waals surface area contributed by atoms with Crippen LogP contribution in [0.2, 0.25) is 0 Å². The summed E-state index contributed by atoms with van der Waals surface area (Å²) in [5, 5.41) is 0.658. The van der Waals surface area contributed by atoms with Crippen LogP contribution in [0.5, 0.6) is 11.5 Å². The van der Waals surface area contributed by atoms with Crippen LogP contribution in [0, 0.1) is 0 Å². The van der Waals surface area contributed by atoms with Crippen LogP contribution in [0.25, 0.3) is 10.2 Å². The van der Waals surface area contributed by atoms with E-state index in [-0.39, 0.29) is 5.91 Å². The van der Waals surface area contributed by atoms with E-state index in [9.17, 15) is 4.79 Å². The second-order valence-corrected chi connectivity index (χ2v) is 7.61. The van der Waals surface area contributed by atoms with Gasteiger partial charge in [0, 0.05) is 12.1 Å². The van der Waals surface area contributed by atoms with Gasteiger partial charge in [-0.15, -0.1) is 0 Å². The molecule has 2 aromatic heterocycles. The van der Waals surface area contributed by atoms with Crippen LogP contribution in [-0.2, 0) is 0 Å². The third-order valence-corrected chi connectivity index (χ3v) is 5.98. The summed E-state index contributed by atoms with van der Waals surface area (Å²) in [4.78, 5) is 20.9. The standard InChI is InChI=1S/C20H23N3O4S/c1-3-22(4-2)7-8-23(19(24)15-6-5-9-25-15)20-21-14-12-16-17(13-18(14)28-20)27-11-10-26-16/h5-6,9,12-13H,3-4,7-8,10-11H2,1-2H3/p+1. The molecule has 0 saturated carbocycles. The number of carbonyl (C=O) groups is 1. The molecular weight excluding hydrogens is 378 g/mol. The number of anilines is 1. The van der Waals surface area contributed by atoms with E-state index in [1.807, 2.05) is 12.1 Å². The highest BCUT2D eigenvalue weighted by Gasteiger charge is 2.25. The van der Waals surface area contributed by atoms with Crippen molar-refractivity contribution in [1.29, 1.82) is 0 Å². The van der Waals surface area contributed by atoms with Gasteiger partial charge >= 0.3 is 0 Å². The number of furan rings is 1. The number of fused-ring (bicyclic) bond motifs is 2. The van der Waals surface area contributed by atoms with E-state index in [0.717, 1.165) is 35.6 Å². The maximum Gasteiger partial charge on any atom is 0.295 e. The quantitative estimate of drug-likeness (QED) is 0.656. The zero-order valence-corrected chi connectivity index (χ0v) is 16.9. The van der Waals surface area contributed by atoms with Crippen LogP contribution in [0.3, 0.4) is 0 Å². The van der Waals surface area contributed by atoms with Crippen LogP contribution in [0.1, 0.15) is 24.4 Å². The zero-order valence-electron chi connectivity index (χ0n) is 16.1. The third-order valence-electron chi connectivity index (χ3n) is 4.94. The Kier molecular flexibility index (Phi) is 5.50. The minimum Gasteiger partial charge on any atom is -0.486 e. The Bertz CT molecular complexity index is 907. The van der Waals surface area contributed by atoms with Crippen LogP contribution in [0.4, 0.5) is 5.13 Å². The van der Waals surface area contributed by atoms with Gasteiger partial charge in [-0.05, 0) is 26.0 Å². The molecule has 4 rings (SSSR count). The second-order valence-electron chi connectivity index (χ2n) is 6.60.